The zero-order chi connectivity index (χ0) is 14.4. The second-order valence-electron chi connectivity index (χ2n) is 5.02. The third-order valence-electron chi connectivity index (χ3n) is 2.67. The highest BCUT2D eigenvalue weighted by molar-refractivity contribution is 7.80. The van der Waals surface area contributed by atoms with Gasteiger partial charge in [-0.15, -0.1) is 0 Å². The monoisotopic (exact) mass is 279 g/mol. The van der Waals surface area contributed by atoms with E-state index in [1.165, 1.54) is 11.1 Å². The van der Waals surface area contributed by atoms with Crippen LogP contribution in [0.3, 0.4) is 0 Å². The van der Waals surface area contributed by atoms with E-state index < -0.39 is 0 Å². The molecule has 104 valence electrons. The van der Waals surface area contributed by atoms with Gasteiger partial charge in [-0.05, 0) is 55.2 Å². The zero-order valence-electron chi connectivity index (χ0n) is 11.8. The summed E-state index contributed by atoms with van der Waals surface area (Å²) < 4.78 is 0. The fraction of sp³-hybridized carbons (Fsp3) is 0.429. The molecule has 3 N–H and O–H groups in total. The second kappa shape index (κ2) is 7.09. The largest absolute Gasteiger partial charge is 0.331 e. The maximum Gasteiger partial charge on any atom is 0.238 e. The molecule has 0 spiro atoms. The van der Waals surface area contributed by atoms with Crippen LogP contribution in [0.5, 0.6) is 0 Å². The molecule has 4 nitrogen and oxygen atoms in total. The summed E-state index contributed by atoms with van der Waals surface area (Å²) in [7, 11) is 0. The van der Waals surface area contributed by atoms with Gasteiger partial charge in [-0.25, -0.2) is 0 Å². The van der Waals surface area contributed by atoms with Crippen LogP contribution in [0.2, 0.25) is 0 Å². The van der Waals surface area contributed by atoms with Crippen LogP contribution in [0.15, 0.2) is 18.2 Å². The Kier molecular flexibility index (Phi) is 5.76. The first kappa shape index (κ1) is 15.4. The van der Waals surface area contributed by atoms with Crippen molar-refractivity contribution in [1.82, 2.24) is 10.9 Å². The molecule has 0 aromatic heterocycles. The highest BCUT2D eigenvalue weighted by Gasteiger charge is 2.05. The highest BCUT2D eigenvalue weighted by Crippen LogP contribution is 2.13. The number of aryl methyl sites for hydroxylation is 2. The number of hydrogen-bond donors (Lipinski definition) is 3. The van der Waals surface area contributed by atoms with E-state index in [-0.39, 0.29) is 5.91 Å². The van der Waals surface area contributed by atoms with Gasteiger partial charge in [0.1, 0.15) is 0 Å². The Hall–Kier alpha value is -1.62. The minimum atomic E-state index is -0.0702. The van der Waals surface area contributed by atoms with Crippen molar-refractivity contribution in [2.45, 2.75) is 34.1 Å². The normalized spacial score (nSPS) is 10.2. The van der Waals surface area contributed by atoms with Gasteiger partial charge >= 0.3 is 0 Å². The fourth-order valence-corrected chi connectivity index (χ4v) is 1.70. The van der Waals surface area contributed by atoms with Crippen molar-refractivity contribution in [3.63, 3.8) is 0 Å². The van der Waals surface area contributed by atoms with Crippen LogP contribution < -0.4 is 16.2 Å². The number of benzene rings is 1. The maximum atomic E-state index is 11.4. The van der Waals surface area contributed by atoms with E-state index in [4.69, 9.17) is 12.2 Å². The second-order valence-corrected chi connectivity index (χ2v) is 5.43. The Balaban J connectivity index is 2.43. The molecule has 19 heavy (non-hydrogen) atoms. The number of anilines is 1. The van der Waals surface area contributed by atoms with Crippen molar-refractivity contribution < 1.29 is 4.79 Å². The van der Waals surface area contributed by atoms with Gasteiger partial charge in [0.25, 0.3) is 0 Å². The number of rotatable bonds is 3. The quantitative estimate of drug-likeness (QED) is 0.588. The van der Waals surface area contributed by atoms with Crippen LogP contribution in [0.1, 0.15) is 31.4 Å². The standard InChI is InChI=1S/C14H21N3OS/c1-9(2)7-13(18)16-17-14(19)15-12-6-5-10(3)11(4)8-12/h5-6,8-9H,7H2,1-4H3,(H,16,18)(H2,15,17,19). The van der Waals surface area contributed by atoms with E-state index in [9.17, 15) is 4.79 Å². The first-order valence-corrected chi connectivity index (χ1v) is 6.72. The van der Waals surface area contributed by atoms with Gasteiger partial charge in [0.15, 0.2) is 5.11 Å². The van der Waals surface area contributed by atoms with Gasteiger partial charge in [0, 0.05) is 12.1 Å². The van der Waals surface area contributed by atoms with Gasteiger partial charge in [-0.2, -0.15) is 0 Å². The van der Waals surface area contributed by atoms with Crippen molar-refractivity contribution in [3.8, 4) is 0 Å². The summed E-state index contributed by atoms with van der Waals surface area (Å²) in [5, 5.41) is 3.40. The van der Waals surface area contributed by atoms with E-state index in [2.05, 4.69) is 23.1 Å². The molecule has 0 saturated carbocycles. The molecule has 0 bridgehead atoms. The van der Waals surface area contributed by atoms with Crippen LogP contribution in [0.4, 0.5) is 5.69 Å². The van der Waals surface area contributed by atoms with E-state index in [1.807, 2.05) is 39.0 Å². The van der Waals surface area contributed by atoms with Crippen molar-refractivity contribution in [3.05, 3.63) is 29.3 Å². The minimum Gasteiger partial charge on any atom is -0.331 e. The third-order valence-corrected chi connectivity index (χ3v) is 2.88. The molecule has 1 aromatic carbocycles. The Morgan fingerprint density at radius 1 is 1.21 bits per heavy atom. The van der Waals surface area contributed by atoms with Crippen LogP contribution in [-0.4, -0.2) is 11.0 Å². The summed E-state index contributed by atoms with van der Waals surface area (Å²) in [6.07, 6.45) is 0.471. The zero-order valence-corrected chi connectivity index (χ0v) is 12.6. The van der Waals surface area contributed by atoms with Gasteiger partial charge in [-0.1, -0.05) is 19.9 Å². The molecular formula is C14H21N3OS. The lowest BCUT2D eigenvalue weighted by Crippen LogP contribution is -2.44. The summed E-state index contributed by atoms with van der Waals surface area (Å²) in [5.74, 6) is 0.252. The molecule has 0 saturated heterocycles. The maximum absolute atomic E-state index is 11.4. The number of hydrogen-bond acceptors (Lipinski definition) is 2. The number of nitrogens with one attached hydrogen (secondary N) is 3. The Morgan fingerprint density at radius 3 is 2.47 bits per heavy atom. The van der Waals surface area contributed by atoms with Crippen LogP contribution in [0.25, 0.3) is 0 Å². The number of thiocarbonyl (C=S) groups is 1. The molecule has 0 heterocycles. The smallest absolute Gasteiger partial charge is 0.238 e. The number of carbonyl (C=O) groups is 1. The molecule has 0 fully saturated rings. The van der Waals surface area contributed by atoms with Gasteiger partial charge in [0.05, 0.1) is 0 Å². The molecule has 1 rings (SSSR count). The van der Waals surface area contributed by atoms with Gasteiger partial charge in [0.2, 0.25) is 5.91 Å². The highest BCUT2D eigenvalue weighted by atomic mass is 32.1. The van der Waals surface area contributed by atoms with E-state index in [1.54, 1.807) is 0 Å². The van der Waals surface area contributed by atoms with Crippen molar-refractivity contribution in [1.29, 1.82) is 0 Å². The Bertz CT molecular complexity index is 472. The van der Waals surface area contributed by atoms with Crippen molar-refractivity contribution >= 4 is 28.9 Å². The lowest BCUT2D eigenvalue weighted by molar-refractivity contribution is -0.122. The molecule has 0 atom stereocenters. The van der Waals surface area contributed by atoms with Crippen LogP contribution in [0, 0.1) is 19.8 Å². The first-order valence-electron chi connectivity index (χ1n) is 6.31. The van der Waals surface area contributed by atoms with Crippen LogP contribution >= 0.6 is 12.2 Å². The molecule has 0 aliphatic carbocycles. The van der Waals surface area contributed by atoms with E-state index >= 15 is 0 Å². The summed E-state index contributed by atoms with van der Waals surface area (Å²) in [5.41, 5.74) is 8.58. The number of carbonyl (C=O) groups excluding carboxylic acids is 1. The summed E-state index contributed by atoms with van der Waals surface area (Å²) in [6, 6.07) is 5.99. The molecular weight excluding hydrogens is 258 g/mol. The lowest BCUT2D eigenvalue weighted by Gasteiger charge is -2.13. The first-order chi connectivity index (χ1) is 8.88. The third kappa shape index (κ3) is 5.70. The topological polar surface area (TPSA) is 53.2 Å². The van der Waals surface area contributed by atoms with E-state index in [0.29, 0.717) is 17.5 Å². The molecule has 1 aromatic rings. The molecule has 0 aliphatic heterocycles. The van der Waals surface area contributed by atoms with Gasteiger partial charge in [-0.3, -0.25) is 15.6 Å². The Labute approximate surface area is 119 Å². The number of hydrazine groups is 1. The average Bonchev–Trinajstić information content (AvgIpc) is 2.30. The van der Waals surface area contributed by atoms with Crippen LogP contribution in [-0.2, 0) is 4.79 Å². The minimum absolute atomic E-state index is 0.0702. The lowest BCUT2D eigenvalue weighted by atomic mass is 10.1. The van der Waals surface area contributed by atoms with Gasteiger partial charge < -0.3 is 5.32 Å². The summed E-state index contributed by atoms with van der Waals surface area (Å²) in [6.45, 7) is 8.08. The molecule has 5 heteroatoms. The average molecular weight is 279 g/mol. The molecule has 0 aliphatic rings. The number of amides is 1. The van der Waals surface area contributed by atoms with E-state index in [0.717, 1.165) is 5.69 Å². The van der Waals surface area contributed by atoms with Crippen molar-refractivity contribution in [2.75, 3.05) is 5.32 Å². The fourth-order valence-electron chi connectivity index (χ4n) is 1.53. The molecule has 0 radical (unpaired) electrons. The predicted molar refractivity (Wildman–Crippen MR) is 82.9 cm³/mol. The summed E-state index contributed by atoms with van der Waals surface area (Å²) in [4.78, 5) is 11.4. The summed E-state index contributed by atoms with van der Waals surface area (Å²) >= 11 is 5.11. The molecule has 0 unspecified atom stereocenters. The Morgan fingerprint density at radius 2 is 1.89 bits per heavy atom. The predicted octanol–water partition coefficient (Wildman–Crippen LogP) is 2.67. The molecule has 1 amide bonds. The SMILES string of the molecule is Cc1ccc(NC(=S)NNC(=O)CC(C)C)cc1C. The van der Waals surface area contributed by atoms with Crippen molar-refractivity contribution in [2.24, 2.45) is 5.92 Å².